The SMILES string of the molecule is CC(N)c1cnc(N(C)Cc2cc(Br)cs2)s1. The van der Waals surface area contributed by atoms with E-state index in [4.69, 9.17) is 5.73 Å². The number of hydrogen-bond donors (Lipinski definition) is 1. The molecule has 0 bridgehead atoms. The predicted octanol–water partition coefficient (Wildman–Crippen LogP) is 3.62. The van der Waals surface area contributed by atoms with Crippen molar-refractivity contribution in [3.63, 3.8) is 0 Å². The molecule has 0 aliphatic heterocycles. The van der Waals surface area contributed by atoms with E-state index in [0.717, 1.165) is 21.0 Å². The quantitative estimate of drug-likeness (QED) is 0.930. The normalized spacial score (nSPS) is 12.7. The average Bonchev–Trinajstić information content (AvgIpc) is 2.86. The third kappa shape index (κ3) is 3.28. The van der Waals surface area contributed by atoms with Gasteiger partial charge in [0, 0.05) is 38.9 Å². The topological polar surface area (TPSA) is 42.1 Å². The second-order valence-corrected chi connectivity index (χ2v) is 6.87. The van der Waals surface area contributed by atoms with Gasteiger partial charge in [-0.05, 0) is 28.9 Å². The maximum atomic E-state index is 5.83. The molecule has 6 heteroatoms. The molecular formula is C11H14BrN3S2. The van der Waals surface area contributed by atoms with Crippen molar-refractivity contribution in [1.29, 1.82) is 0 Å². The van der Waals surface area contributed by atoms with Crippen LogP contribution in [0.15, 0.2) is 22.1 Å². The Kier molecular flexibility index (Phi) is 4.19. The first kappa shape index (κ1) is 13.0. The average molecular weight is 332 g/mol. The molecule has 1 unspecified atom stereocenters. The van der Waals surface area contributed by atoms with Gasteiger partial charge in [-0.25, -0.2) is 4.98 Å². The van der Waals surface area contributed by atoms with Crippen LogP contribution in [0.25, 0.3) is 0 Å². The lowest BCUT2D eigenvalue weighted by Crippen LogP contribution is -2.14. The van der Waals surface area contributed by atoms with Gasteiger partial charge in [0.15, 0.2) is 5.13 Å². The van der Waals surface area contributed by atoms with E-state index in [1.807, 2.05) is 13.1 Å². The van der Waals surface area contributed by atoms with Gasteiger partial charge < -0.3 is 10.6 Å². The summed E-state index contributed by atoms with van der Waals surface area (Å²) < 4.78 is 1.14. The van der Waals surface area contributed by atoms with Gasteiger partial charge in [-0.15, -0.1) is 22.7 Å². The van der Waals surface area contributed by atoms with Crippen molar-refractivity contribution in [3.8, 4) is 0 Å². The van der Waals surface area contributed by atoms with Gasteiger partial charge in [0.05, 0.1) is 6.54 Å². The second-order valence-electron chi connectivity index (χ2n) is 3.92. The lowest BCUT2D eigenvalue weighted by atomic mass is 10.3. The Morgan fingerprint density at radius 3 is 2.88 bits per heavy atom. The zero-order valence-electron chi connectivity index (χ0n) is 9.68. The molecule has 0 radical (unpaired) electrons. The van der Waals surface area contributed by atoms with E-state index in [-0.39, 0.29) is 6.04 Å². The van der Waals surface area contributed by atoms with Crippen molar-refractivity contribution in [2.75, 3.05) is 11.9 Å². The Balaban J connectivity index is 2.06. The number of hydrogen-bond acceptors (Lipinski definition) is 5. The summed E-state index contributed by atoms with van der Waals surface area (Å²) in [7, 11) is 2.05. The van der Waals surface area contributed by atoms with Crippen molar-refractivity contribution >= 4 is 43.7 Å². The molecule has 0 fully saturated rings. The summed E-state index contributed by atoms with van der Waals surface area (Å²) in [6.07, 6.45) is 1.87. The zero-order chi connectivity index (χ0) is 12.4. The van der Waals surface area contributed by atoms with Crippen LogP contribution in [-0.4, -0.2) is 12.0 Å². The van der Waals surface area contributed by atoms with Gasteiger partial charge in [-0.1, -0.05) is 0 Å². The number of thiophene rings is 1. The van der Waals surface area contributed by atoms with Crippen molar-refractivity contribution in [2.24, 2.45) is 5.73 Å². The molecule has 0 aromatic carbocycles. The molecule has 0 amide bonds. The second kappa shape index (κ2) is 5.48. The van der Waals surface area contributed by atoms with Crippen LogP contribution in [0.4, 0.5) is 5.13 Å². The van der Waals surface area contributed by atoms with E-state index in [1.54, 1.807) is 22.7 Å². The van der Waals surface area contributed by atoms with Crippen molar-refractivity contribution in [1.82, 2.24) is 4.98 Å². The van der Waals surface area contributed by atoms with Crippen LogP contribution in [0, 0.1) is 0 Å². The van der Waals surface area contributed by atoms with Crippen LogP contribution >= 0.6 is 38.6 Å². The third-order valence-corrected chi connectivity index (χ3v) is 5.30. The summed E-state index contributed by atoms with van der Waals surface area (Å²) in [5, 5.41) is 3.11. The van der Waals surface area contributed by atoms with Gasteiger partial charge in [0.2, 0.25) is 0 Å². The minimum absolute atomic E-state index is 0.0607. The molecule has 92 valence electrons. The minimum Gasteiger partial charge on any atom is -0.346 e. The highest BCUT2D eigenvalue weighted by molar-refractivity contribution is 9.10. The predicted molar refractivity (Wildman–Crippen MR) is 78.8 cm³/mol. The number of nitrogens with zero attached hydrogens (tertiary/aromatic N) is 2. The van der Waals surface area contributed by atoms with E-state index in [2.05, 4.69) is 44.3 Å². The summed E-state index contributed by atoms with van der Waals surface area (Å²) in [6, 6.07) is 2.20. The molecule has 0 aliphatic rings. The highest BCUT2D eigenvalue weighted by Gasteiger charge is 2.10. The molecule has 2 aromatic heterocycles. The number of rotatable bonds is 4. The Bertz CT molecular complexity index is 492. The third-order valence-electron chi connectivity index (χ3n) is 2.30. The number of thiazole rings is 1. The molecule has 2 rings (SSSR count). The van der Waals surface area contributed by atoms with E-state index in [1.165, 1.54) is 4.88 Å². The molecule has 2 heterocycles. The maximum Gasteiger partial charge on any atom is 0.185 e. The van der Waals surface area contributed by atoms with Gasteiger partial charge >= 0.3 is 0 Å². The summed E-state index contributed by atoms with van der Waals surface area (Å²) in [4.78, 5) is 8.99. The molecule has 0 saturated carbocycles. The van der Waals surface area contributed by atoms with Crippen LogP contribution in [0.5, 0.6) is 0 Å². The van der Waals surface area contributed by atoms with Gasteiger partial charge in [-0.3, -0.25) is 0 Å². The highest BCUT2D eigenvalue weighted by Crippen LogP contribution is 2.28. The number of halogens is 1. The van der Waals surface area contributed by atoms with Crippen LogP contribution in [0.2, 0.25) is 0 Å². The largest absolute Gasteiger partial charge is 0.346 e. The number of anilines is 1. The van der Waals surface area contributed by atoms with E-state index in [0.29, 0.717) is 0 Å². The van der Waals surface area contributed by atoms with Crippen molar-refractivity contribution < 1.29 is 0 Å². The molecule has 2 aromatic rings. The van der Waals surface area contributed by atoms with Gasteiger partial charge in [0.1, 0.15) is 0 Å². The Morgan fingerprint density at radius 1 is 1.59 bits per heavy atom. The van der Waals surface area contributed by atoms with Crippen molar-refractivity contribution in [3.05, 3.63) is 31.9 Å². The highest BCUT2D eigenvalue weighted by atomic mass is 79.9. The standard InChI is InChI=1S/C11H14BrN3S2/c1-7(13)10-4-14-11(17-10)15(2)5-9-3-8(12)6-16-9/h3-4,6-7H,5,13H2,1-2H3. The summed E-state index contributed by atoms with van der Waals surface area (Å²) in [5.74, 6) is 0. The van der Waals surface area contributed by atoms with E-state index in [9.17, 15) is 0 Å². The number of aromatic nitrogens is 1. The fourth-order valence-electron chi connectivity index (χ4n) is 1.40. The maximum absolute atomic E-state index is 5.83. The van der Waals surface area contributed by atoms with Gasteiger partial charge in [-0.2, -0.15) is 0 Å². The first-order chi connectivity index (χ1) is 8.06. The summed E-state index contributed by atoms with van der Waals surface area (Å²) >= 11 is 6.87. The smallest absolute Gasteiger partial charge is 0.185 e. The fraction of sp³-hybridized carbons (Fsp3) is 0.364. The first-order valence-corrected chi connectivity index (χ1v) is 7.70. The van der Waals surface area contributed by atoms with Crippen LogP contribution < -0.4 is 10.6 Å². The Morgan fingerprint density at radius 2 is 2.35 bits per heavy atom. The molecule has 0 spiro atoms. The molecule has 0 saturated heterocycles. The van der Waals surface area contributed by atoms with E-state index >= 15 is 0 Å². The lowest BCUT2D eigenvalue weighted by Gasteiger charge is -2.14. The monoisotopic (exact) mass is 331 g/mol. The molecule has 2 N–H and O–H groups in total. The Labute approximate surface area is 117 Å². The summed E-state index contributed by atoms with van der Waals surface area (Å²) in [5.41, 5.74) is 5.83. The number of nitrogens with two attached hydrogens (primary N) is 1. The molecule has 3 nitrogen and oxygen atoms in total. The summed E-state index contributed by atoms with van der Waals surface area (Å²) in [6.45, 7) is 2.86. The zero-order valence-corrected chi connectivity index (χ0v) is 12.9. The molecule has 0 aliphatic carbocycles. The van der Waals surface area contributed by atoms with E-state index < -0.39 is 0 Å². The van der Waals surface area contributed by atoms with Gasteiger partial charge in [0.25, 0.3) is 0 Å². The lowest BCUT2D eigenvalue weighted by molar-refractivity contribution is 0.835. The van der Waals surface area contributed by atoms with Crippen LogP contribution in [0.1, 0.15) is 22.7 Å². The first-order valence-electron chi connectivity index (χ1n) is 5.21. The van der Waals surface area contributed by atoms with Crippen molar-refractivity contribution in [2.45, 2.75) is 19.5 Å². The molecule has 1 atom stereocenters. The Hall–Kier alpha value is -0.430. The minimum atomic E-state index is 0.0607. The molecule has 17 heavy (non-hydrogen) atoms. The molecular weight excluding hydrogens is 318 g/mol. The van der Waals surface area contributed by atoms with Crippen LogP contribution in [-0.2, 0) is 6.54 Å². The van der Waals surface area contributed by atoms with Crippen LogP contribution in [0.3, 0.4) is 0 Å². The fourth-order valence-corrected chi connectivity index (χ4v) is 3.73.